The Morgan fingerprint density at radius 2 is 1.91 bits per heavy atom. The van der Waals surface area contributed by atoms with Gasteiger partial charge in [0.2, 0.25) is 11.8 Å². The van der Waals surface area contributed by atoms with Gasteiger partial charge in [0.05, 0.1) is 35.3 Å². The van der Waals surface area contributed by atoms with Crippen LogP contribution in [-0.2, 0) is 14.3 Å². The zero-order chi connectivity index (χ0) is 24.0. The molecule has 0 bridgehead atoms. The van der Waals surface area contributed by atoms with Gasteiger partial charge in [-0.3, -0.25) is 14.5 Å². The van der Waals surface area contributed by atoms with Crippen molar-refractivity contribution in [3.05, 3.63) is 75.8 Å². The van der Waals surface area contributed by atoms with E-state index in [-0.39, 0.29) is 41.4 Å². The topological polar surface area (TPSA) is 66.8 Å². The molecule has 1 N–H and O–H groups in total. The van der Waals surface area contributed by atoms with Crippen LogP contribution in [0.3, 0.4) is 0 Å². The van der Waals surface area contributed by atoms with Crippen LogP contribution >= 0.6 is 11.6 Å². The van der Waals surface area contributed by atoms with Crippen LogP contribution in [-0.4, -0.2) is 29.6 Å². The highest BCUT2D eigenvalue weighted by Gasteiger charge is 2.56. The Bertz CT molecular complexity index is 1200. The number of phenolic OH excluding ortho intramolecular Hbond substituents is 1. The number of carbonyl (C=O) groups is 2. The minimum Gasteiger partial charge on any atom is -0.508 e. The number of benzene rings is 2. The van der Waals surface area contributed by atoms with Gasteiger partial charge in [0, 0.05) is 5.92 Å². The molecular weight excluding hydrogens is 450 g/mol. The number of hydrogen-bond acceptors (Lipinski definition) is 4. The summed E-state index contributed by atoms with van der Waals surface area (Å²) in [5.74, 6) is -0.726. The number of allylic oxidation sites excluding steroid dienone is 2. The number of phenols is 1. The maximum Gasteiger partial charge on any atom is 0.238 e. The average molecular weight is 478 g/mol. The van der Waals surface area contributed by atoms with Crippen LogP contribution in [0.4, 0.5) is 5.69 Å². The third-order valence-electron chi connectivity index (χ3n) is 7.35. The molecule has 0 radical (unpaired) electrons. The predicted octanol–water partition coefficient (Wildman–Crippen LogP) is 5.77. The number of nitrogens with zero attached hydrogens (tertiary/aromatic N) is 1. The van der Waals surface area contributed by atoms with Crippen molar-refractivity contribution in [2.24, 2.45) is 17.8 Å². The van der Waals surface area contributed by atoms with E-state index in [1.165, 1.54) is 22.1 Å². The van der Waals surface area contributed by atoms with Gasteiger partial charge in [0.15, 0.2) is 0 Å². The first-order valence-corrected chi connectivity index (χ1v) is 12.1. The van der Waals surface area contributed by atoms with Gasteiger partial charge >= 0.3 is 0 Å². The van der Waals surface area contributed by atoms with Crippen molar-refractivity contribution in [2.45, 2.75) is 39.2 Å². The van der Waals surface area contributed by atoms with Crippen LogP contribution in [0.15, 0.2) is 65.3 Å². The van der Waals surface area contributed by atoms with E-state index >= 15 is 0 Å². The molecule has 34 heavy (non-hydrogen) atoms. The van der Waals surface area contributed by atoms with Crippen LogP contribution in [0.2, 0.25) is 5.02 Å². The molecule has 5 rings (SSSR count). The van der Waals surface area contributed by atoms with Crippen LogP contribution < -0.4 is 4.90 Å². The van der Waals surface area contributed by atoms with Crippen molar-refractivity contribution in [1.29, 1.82) is 0 Å². The highest BCUT2D eigenvalue weighted by Crippen LogP contribution is 2.50. The highest BCUT2D eigenvalue weighted by molar-refractivity contribution is 6.32. The summed E-state index contributed by atoms with van der Waals surface area (Å²) in [6.07, 6.45) is 4.23. The van der Waals surface area contributed by atoms with Gasteiger partial charge in [-0.15, -0.1) is 0 Å². The molecule has 5 nitrogen and oxygen atoms in total. The van der Waals surface area contributed by atoms with Crippen LogP contribution in [0.5, 0.6) is 5.75 Å². The molecule has 0 saturated carbocycles. The molecule has 2 aromatic carbocycles. The van der Waals surface area contributed by atoms with Gasteiger partial charge in [-0.25, -0.2) is 0 Å². The molecule has 6 heteroatoms. The van der Waals surface area contributed by atoms with E-state index in [1.54, 1.807) is 12.1 Å². The van der Waals surface area contributed by atoms with E-state index < -0.39 is 0 Å². The van der Waals surface area contributed by atoms with Crippen LogP contribution in [0, 0.1) is 17.8 Å². The first-order chi connectivity index (χ1) is 16.3. The molecule has 2 saturated heterocycles. The lowest BCUT2D eigenvalue weighted by atomic mass is 9.70. The Balaban J connectivity index is 1.32. The first kappa shape index (κ1) is 22.9. The molecular formula is C28H28ClNO4. The maximum atomic E-state index is 13.4. The van der Waals surface area contributed by atoms with E-state index in [0.717, 1.165) is 24.0 Å². The summed E-state index contributed by atoms with van der Waals surface area (Å²) >= 11 is 6.24. The fourth-order valence-electron chi connectivity index (χ4n) is 5.79. The molecule has 176 valence electrons. The summed E-state index contributed by atoms with van der Waals surface area (Å²) in [7, 11) is 0. The predicted molar refractivity (Wildman–Crippen MR) is 132 cm³/mol. The van der Waals surface area contributed by atoms with Gasteiger partial charge in [-0.05, 0) is 74.6 Å². The molecule has 2 aliphatic heterocycles. The van der Waals surface area contributed by atoms with Crippen molar-refractivity contribution in [2.75, 3.05) is 11.5 Å². The summed E-state index contributed by atoms with van der Waals surface area (Å²) in [4.78, 5) is 28.0. The lowest BCUT2D eigenvalue weighted by Crippen LogP contribution is -2.34. The molecule has 4 atom stereocenters. The lowest BCUT2D eigenvalue weighted by Gasteiger charge is -2.30. The first-order valence-electron chi connectivity index (χ1n) is 11.7. The molecule has 2 aromatic rings. The third kappa shape index (κ3) is 3.97. The summed E-state index contributed by atoms with van der Waals surface area (Å²) in [6, 6.07) is 14.2. The van der Waals surface area contributed by atoms with Gasteiger partial charge < -0.3 is 9.84 Å². The summed E-state index contributed by atoms with van der Waals surface area (Å²) in [6.45, 7) is 4.62. The van der Waals surface area contributed by atoms with E-state index in [9.17, 15) is 14.7 Å². The molecule has 0 aromatic heterocycles. The highest BCUT2D eigenvalue weighted by atomic mass is 35.5. The van der Waals surface area contributed by atoms with Gasteiger partial charge in [-0.1, -0.05) is 47.0 Å². The van der Waals surface area contributed by atoms with Gasteiger partial charge in [0.25, 0.3) is 0 Å². The fourth-order valence-corrected chi connectivity index (χ4v) is 6.02. The van der Waals surface area contributed by atoms with Crippen molar-refractivity contribution in [3.63, 3.8) is 0 Å². The number of fused-ring (bicyclic) bond motifs is 3. The molecule has 2 fully saturated rings. The smallest absolute Gasteiger partial charge is 0.238 e. The average Bonchev–Trinajstić information content (AvgIpc) is 3.34. The Morgan fingerprint density at radius 3 is 2.65 bits per heavy atom. The Morgan fingerprint density at radius 1 is 1.15 bits per heavy atom. The number of para-hydroxylation sites is 1. The summed E-state index contributed by atoms with van der Waals surface area (Å²) in [5.41, 5.74) is 5.08. The Kier molecular flexibility index (Phi) is 6.09. The minimum absolute atomic E-state index is 0.0373. The molecule has 2 heterocycles. The van der Waals surface area contributed by atoms with Crippen molar-refractivity contribution < 1.29 is 19.4 Å². The second-order valence-corrected chi connectivity index (χ2v) is 9.99. The maximum absolute atomic E-state index is 13.4. The minimum atomic E-state index is -0.344. The fraction of sp³-hybridized carbons (Fsp3) is 0.357. The monoisotopic (exact) mass is 477 g/mol. The molecule has 0 unspecified atom stereocenters. The number of carbonyl (C=O) groups excluding carboxylic acids is 2. The van der Waals surface area contributed by atoms with Crippen molar-refractivity contribution in [1.82, 2.24) is 0 Å². The van der Waals surface area contributed by atoms with Gasteiger partial charge in [-0.2, -0.15) is 0 Å². The number of anilines is 1. The second kappa shape index (κ2) is 9.05. The number of imide groups is 1. The van der Waals surface area contributed by atoms with E-state index in [2.05, 4.69) is 13.8 Å². The molecule has 0 spiro atoms. The number of aromatic hydroxyl groups is 1. The third-order valence-corrected chi connectivity index (χ3v) is 7.68. The van der Waals surface area contributed by atoms with E-state index in [0.29, 0.717) is 23.7 Å². The zero-order valence-electron chi connectivity index (χ0n) is 19.3. The number of rotatable bonds is 5. The normalized spacial score (nSPS) is 26.8. The summed E-state index contributed by atoms with van der Waals surface area (Å²) in [5, 5.41) is 10.1. The van der Waals surface area contributed by atoms with Gasteiger partial charge in [0.1, 0.15) is 5.75 Å². The SMILES string of the molecule is CC1=C2[C@@H](CC/C(C)=C/c3ccc(O)cc3Cl)OC[C@@H]2[C@@H]2C(=O)N(c3ccccc3)C(=O)[C@@H]2C1. The number of hydrogen-bond donors (Lipinski definition) is 1. The molecule has 3 aliphatic rings. The number of halogens is 1. The second-order valence-electron chi connectivity index (χ2n) is 9.58. The molecule has 2 amide bonds. The summed E-state index contributed by atoms with van der Waals surface area (Å²) < 4.78 is 6.22. The zero-order valence-corrected chi connectivity index (χ0v) is 20.1. The number of amides is 2. The standard InChI is InChI=1S/C28H28ClNO4/c1-16(12-18-9-10-20(31)14-23(18)29)8-11-24-25-17(2)13-21-26(22(25)15-34-24)28(33)30(27(21)32)19-6-4-3-5-7-19/h3-7,9-10,12,14,21-22,24,26,31H,8,11,13,15H2,1-2H3/b16-12+/t21-,22+,24-,26-/m1/s1. The Hall–Kier alpha value is -2.89. The molecule has 1 aliphatic carbocycles. The van der Waals surface area contributed by atoms with E-state index in [4.69, 9.17) is 16.3 Å². The number of ether oxygens (including phenoxy) is 1. The largest absolute Gasteiger partial charge is 0.508 e. The van der Waals surface area contributed by atoms with E-state index in [1.807, 2.05) is 36.4 Å². The quantitative estimate of drug-likeness (QED) is 0.438. The van der Waals surface area contributed by atoms with Crippen LogP contribution in [0.1, 0.15) is 38.7 Å². The van der Waals surface area contributed by atoms with Crippen LogP contribution in [0.25, 0.3) is 6.08 Å². The lowest BCUT2D eigenvalue weighted by molar-refractivity contribution is -0.122. The van der Waals surface area contributed by atoms with Crippen molar-refractivity contribution in [3.8, 4) is 5.75 Å². The Labute approximate surface area is 204 Å². The van der Waals surface area contributed by atoms with Crippen molar-refractivity contribution >= 4 is 35.2 Å².